The number of hydrogen-bond acceptors (Lipinski definition) is 3. The number of anilines is 1. The molecule has 0 aliphatic carbocycles. The molecule has 1 aromatic carbocycles. The van der Waals surface area contributed by atoms with E-state index in [4.69, 9.17) is 4.98 Å². The first-order valence-corrected chi connectivity index (χ1v) is 8.30. The Labute approximate surface area is 137 Å². The van der Waals surface area contributed by atoms with Gasteiger partial charge in [-0.05, 0) is 32.0 Å². The van der Waals surface area contributed by atoms with Gasteiger partial charge in [0.1, 0.15) is 5.82 Å². The fourth-order valence-corrected chi connectivity index (χ4v) is 2.88. The van der Waals surface area contributed by atoms with Crippen molar-refractivity contribution in [2.24, 2.45) is 5.41 Å². The summed E-state index contributed by atoms with van der Waals surface area (Å²) in [4.78, 5) is 19.4. The molecule has 1 aliphatic rings. The highest BCUT2D eigenvalue weighted by Crippen LogP contribution is 2.25. The predicted octanol–water partition coefficient (Wildman–Crippen LogP) is 3.24. The Morgan fingerprint density at radius 2 is 2.00 bits per heavy atom. The Hall–Kier alpha value is -1.88. The Morgan fingerprint density at radius 1 is 1.26 bits per heavy atom. The average molecular weight is 314 g/mol. The molecule has 1 aliphatic heterocycles. The van der Waals surface area contributed by atoms with Crippen LogP contribution in [0.4, 0.5) is 5.69 Å². The first kappa shape index (κ1) is 16.0. The van der Waals surface area contributed by atoms with Gasteiger partial charge < -0.3 is 9.88 Å². The van der Waals surface area contributed by atoms with Gasteiger partial charge in [-0.15, -0.1) is 0 Å². The number of nitrogens with one attached hydrogen (secondary N) is 1. The molecule has 1 amide bonds. The first-order chi connectivity index (χ1) is 10.8. The van der Waals surface area contributed by atoms with Crippen molar-refractivity contribution in [3.8, 4) is 0 Å². The summed E-state index contributed by atoms with van der Waals surface area (Å²) in [7, 11) is 0. The van der Waals surface area contributed by atoms with Gasteiger partial charge in [-0.3, -0.25) is 9.69 Å². The van der Waals surface area contributed by atoms with Crippen molar-refractivity contribution >= 4 is 22.6 Å². The highest BCUT2D eigenvalue weighted by molar-refractivity contribution is 5.96. The van der Waals surface area contributed by atoms with Crippen molar-refractivity contribution in [1.82, 2.24) is 14.5 Å². The van der Waals surface area contributed by atoms with Crippen LogP contribution in [-0.2, 0) is 17.9 Å². The Bertz CT molecular complexity index is 739. The molecule has 1 N–H and O–H groups in total. The molecule has 0 saturated carbocycles. The largest absolute Gasteiger partial charge is 0.326 e. The molecule has 2 heterocycles. The standard InChI is InChI=1S/C18H26N4O/c1-12(2)21-8-9-22-15-7-6-13(19-17(23)18(3,4)5)10-14(15)20-16(22)11-21/h6-7,10,12H,8-9,11H2,1-5H3,(H,19,23). The van der Waals surface area contributed by atoms with E-state index in [0.717, 1.165) is 42.2 Å². The van der Waals surface area contributed by atoms with Crippen molar-refractivity contribution in [3.05, 3.63) is 24.0 Å². The molecule has 5 heteroatoms. The zero-order valence-electron chi connectivity index (χ0n) is 14.7. The summed E-state index contributed by atoms with van der Waals surface area (Å²) in [6.07, 6.45) is 0. The van der Waals surface area contributed by atoms with Crippen LogP contribution in [0.2, 0.25) is 0 Å². The van der Waals surface area contributed by atoms with Crippen molar-refractivity contribution in [2.75, 3.05) is 11.9 Å². The number of carbonyl (C=O) groups excluding carboxylic acids is 1. The first-order valence-electron chi connectivity index (χ1n) is 8.30. The summed E-state index contributed by atoms with van der Waals surface area (Å²) in [6.45, 7) is 13.1. The third-order valence-corrected chi connectivity index (χ3v) is 4.45. The Morgan fingerprint density at radius 3 is 2.65 bits per heavy atom. The van der Waals surface area contributed by atoms with E-state index >= 15 is 0 Å². The number of rotatable bonds is 2. The quantitative estimate of drug-likeness (QED) is 0.926. The second kappa shape index (κ2) is 5.64. The number of fused-ring (bicyclic) bond motifs is 3. The molecule has 0 fully saturated rings. The maximum absolute atomic E-state index is 12.1. The van der Waals surface area contributed by atoms with Crippen LogP contribution in [0.25, 0.3) is 11.0 Å². The van der Waals surface area contributed by atoms with Crippen molar-refractivity contribution in [3.63, 3.8) is 0 Å². The third kappa shape index (κ3) is 3.11. The summed E-state index contributed by atoms with van der Waals surface area (Å²) < 4.78 is 2.30. The minimum atomic E-state index is -0.403. The summed E-state index contributed by atoms with van der Waals surface area (Å²) in [5.74, 6) is 1.13. The molecule has 5 nitrogen and oxygen atoms in total. The lowest BCUT2D eigenvalue weighted by atomic mass is 9.95. The van der Waals surface area contributed by atoms with Crippen LogP contribution >= 0.6 is 0 Å². The molecular formula is C18H26N4O. The lowest BCUT2D eigenvalue weighted by Crippen LogP contribution is -2.38. The van der Waals surface area contributed by atoms with Crippen molar-refractivity contribution in [2.45, 2.75) is 53.8 Å². The van der Waals surface area contributed by atoms with Gasteiger partial charge in [0.2, 0.25) is 5.91 Å². The fraction of sp³-hybridized carbons (Fsp3) is 0.556. The molecule has 0 spiro atoms. The molecule has 124 valence electrons. The monoisotopic (exact) mass is 314 g/mol. The van der Waals surface area contributed by atoms with E-state index in [-0.39, 0.29) is 5.91 Å². The second-order valence-corrected chi connectivity index (χ2v) is 7.65. The van der Waals surface area contributed by atoms with Crippen LogP contribution in [0.3, 0.4) is 0 Å². The SMILES string of the molecule is CC(C)N1CCn2c(nc3cc(NC(=O)C(C)(C)C)ccc32)C1. The van der Waals surface area contributed by atoms with Gasteiger partial charge in [0, 0.05) is 30.2 Å². The van der Waals surface area contributed by atoms with Gasteiger partial charge in [-0.25, -0.2) is 4.98 Å². The lowest BCUT2D eigenvalue weighted by molar-refractivity contribution is -0.123. The van der Waals surface area contributed by atoms with Gasteiger partial charge in [0.25, 0.3) is 0 Å². The predicted molar refractivity (Wildman–Crippen MR) is 93.4 cm³/mol. The maximum atomic E-state index is 12.1. The van der Waals surface area contributed by atoms with Gasteiger partial charge in [0.05, 0.1) is 17.6 Å². The van der Waals surface area contributed by atoms with Crippen LogP contribution in [-0.4, -0.2) is 32.9 Å². The highest BCUT2D eigenvalue weighted by atomic mass is 16.2. The zero-order chi connectivity index (χ0) is 16.8. The molecule has 0 atom stereocenters. The summed E-state index contributed by atoms with van der Waals surface area (Å²) in [5.41, 5.74) is 2.52. The molecule has 0 saturated heterocycles. The smallest absolute Gasteiger partial charge is 0.229 e. The third-order valence-electron chi connectivity index (χ3n) is 4.45. The Kier molecular flexibility index (Phi) is 3.92. The topological polar surface area (TPSA) is 50.2 Å². The van der Waals surface area contributed by atoms with Crippen LogP contribution in [0.5, 0.6) is 0 Å². The van der Waals surface area contributed by atoms with E-state index in [0.29, 0.717) is 6.04 Å². The summed E-state index contributed by atoms with van der Waals surface area (Å²) in [5, 5.41) is 2.98. The molecule has 23 heavy (non-hydrogen) atoms. The number of benzene rings is 1. The number of amides is 1. The van der Waals surface area contributed by atoms with Crippen LogP contribution in [0, 0.1) is 5.41 Å². The highest BCUT2D eigenvalue weighted by Gasteiger charge is 2.23. The van der Waals surface area contributed by atoms with E-state index in [2.05, 4.69) is 34.7 Å². The molecule has 0 unspecified atom stereocenters. The average Bonchev–Trinajstić information content (AvgIpc) is 2.82. The number of nitrogens with zero attached hydrogens (tertiary/aromatic N) is 3. The Balaban J connectivity index is 1.89. The lowest BCUT2D eigenvalue weighted by Gasteiger charge is -2.30. The minimum Gasteiger partial charge on any atom is -0.326 e. The minimum absolute atomic E-state index is 0.0202. The van der Waals surface area contributed by atoms with E-state index in [9.17, 15) is 4.79 Å². The van der Waals surface area contributed by atoms with Crippen LogP contribution in [0.1, 0.15) is 40.4 Å². The number of imidazole rings is 1. The molecule has 3 rings (SSSR count). The van der Waals surface area contributed by atoms with Crippen LogP contribution < -0.4 is 5.32 Å². The number of hydrogen-bond donors (Lipinski definition) is 1. The molecule has 1 aromatic heterocycles. The van der Waals surface area contributed by atoms with Gasteiger partial charge >= 0.3 is 0 Å². The molecule has 0 radical (unpaired) electrons. The number of aromatic nitrogens is 2. The van der Waals surface area contributed by atoms with E-state index in [1.54, 1.807) is 0 Å². The zero-order valence-corrected chi connectivity index (χ0v) is 14.7. The van der Waals surface area contributed by atoms with E-state index in [1.165, 1.54) is 0 Å². The molecule has 0 bridgehead atoms. The molecule has 2 aromatic rings. The van der Waals surface area contributed by atoms with Crippen LogP contribution in [0.15, 0.2) is 18.2 Å². The second-order valence-electron chi connectivity index (χ2n) is 7.65. The van der Waals surface area contributed by atoms with E-state index in [1.807, 2.05) is 32.9 Å². The number of carbonyl (C=O) groups is 1. The van der Waals surface area contributed by atoms with Crippen molar-refractivity contribution < 1.29 is 4.79 Å². The normalized spacial score (nSPS) is 15.9. The summed E-state index contributed by atoms with van der Waals surface area (Å²) in [6, 6.07) is 6.54. The fourth-order valence-electron chi connectivity index (χ4n) is 2.88. The van der Waals surface area contributed by atoms with Gasteiger partial charge in [0.15, 0.2) is 0 Å². The molecular weight excluding hydrogens is 288 g/mol. The van der Waals surface area contributed by atoms with Gasteiger partial charge in [-0.2, -0.15) is 0 Å². The maximum Gasteiger partial charge on any atom is 0.229 e. The van der Waals surface area contributed by atoms with E-state index < -0.39 is 5.41 Å². The summed E-state index contributed by atoms with van der Waals surface area (Å²) >= 11 is 0. The van der Waals surface area contributed by atoms with Gasteiger partial charge in [-0.1, -0.05) is 20.8 Å². The van der Waals surface area contributed by atoms with Crippen molar-refractivity contribution in [1.29, 1.82) is 0 Å².